The number of benzene rings is 5. The third kappa shape index (κ3) is 29.3. The van der Waals surface area contributed by atoms with Gasteiger partial charge in [-0.15, -0.1) is 0 Å². The maximum atomic E-state index is 12.6. The van der Waals surface area contributed by atoms with Crippen molar-refractivity contribution in [2.75, 3.05) is 69.5 Å². The van der Waals surface area contributed by atoms with E-state index in [0.29, 0.717) is 30.2 Å². The summed E-state index contributed by atoms with van der Waals surface area (Å²) in [4.78, 5) is 257. The van der Waals surface area contributed by atoms with E-state index in [-0.39, 0.29) is 94.9 Å². The Kier molecular flexibility index (Phi) is 36.7. The molecule has 7 aliphatic heterocycles. The third-order valence-electron chi connectivity index (χ3n) is 21.2. The van der Waals surface area contributed by atoms with Crippen molar-refractivity contribution < 1.29 is 101 Å². The number of rotatable bonds is 19. The lowest BCUT2D eigenvalue weighted by Gasteiger charge is -2.36. The number of carbonyl (C=O) groups excluding carboxylic acids is 21. The minimum atomic E-state index is -0.564. The van der Waals surface area contributed by atoms with Crippen LogP contribution in [0.4, 0.5) is 33.6 Å². The van der Waals surface area contributed by atoms with Crippen LogP contribution in [0.5, 0.6) is 0 Å². The van der Waals surface area contributed by atoms with Crippen molar-refractivity contribution in [2.24, 2.45) is 28.6 Å². The Hall–Kier alpha value is -13.6. The zero-order valence-electron chi connectivity index (χ0n) is 74.7. The van der Waals surface area contributed by atoms with Gasteiger partial charge in [0.1, 0.15) is 44.9 Å². The Morgan fingerprint density at radius 1 is 0.262 bits per heavy atom. The van der Waals surface area contributed by atoms with Crippen LogP contribution in [0.3, 0.4) is 0 Å². The van der Waals surface area contributed by atoms with Crippen LogP contribution in [0.15, 0.2) is 146 Å². The van der Waals surface area contributed by atoms with E-state index in [9.17, 15) is 101 Å². The van der Waals surface area contributed by atoms with Crippen LogP contribution in [-0.4, -0.2) is 263 Å². The first-order valence-corrected chi connectivity index (χ1v) is 40.9. The fourth-order valence-electron chi connectivity index (χ4n) is 13.9. The van der Waals surface area contributed by atoms with Gasteiger partial charge in [-0.25, -0.2) is 33.6 Å². The molecule has 0 aliphatic carbocycles. The Labute approximate surface area is 733 Å². The third-order valence-corrected chi connectivity index (χ3v) is 21.2. The van der Waals surface area contributed by atoms with Crippen molar-refractivity contribution in [1.82, 2.24) is 68.6 Å². The first-order chi connectivity index (χ1) is 59.0. The van der Waals surface area contributed by atoms with Crippen molar-refractivity contribution in [3.05, 3.63) is 179 Å². The number of carbonyl (C=O) groups is 21. The number of barbiturate groups is 7. The van der Waals surface area contributed by atoms with Crippen LogP contribution in [0.1, 0.15) is 159 Å². The van der Waals surface area contributed by atoms with E-state index in [0.717, 1.165) is 118 Å². The SMILES string of the molecule is CC(CCC(CN1C(=O)CC(=O)N(C)C1=O)C(C)CC(C)(C)C)CC(C)(C)C.CN1C(=O)CC(=O)N(C)C1=O.CN1C(=O)CC(=O)N(C)C1=O.CN1C(=O)CC(=O)N(C)C1=O.CN1C(=O)CC(=O)N(Cc2ccccc2)C1=O.Cc1ccc(CN2C(=O)CC(=O)N(Cc3ccccc3)C2=O)cc1.O=C1CC(=O)N(Cc2ccccc2)C(=O)N1CCc1ccccc1. The molecule has 0 spiro atoms. The van der Waals surface area contributed by atoms with E-state index in [2.05, 4.69) is 55.4 Å². The average Bonchev–Trinajstić information content (AvgIpc) is 0.809. The molecule has 7 heterocycles. The molecule has 7 saturated heterocycles. The van der Waals surface area contributed by atoms with Gasteiger partial charge < -0.3 is 0 Å². The number of urea groups is 7. The molecule has 28 amide bonds. The quantitative estimate of drug-likeness (QED) is 0.0693. The van der Waals surface area contributed by atoms with Crippen molar-refractivity contribution in [3.63, 3.8) is 0 Å². The van der Waals surface area contributed by atoms with E-state index >= 15 is 0 Å². The molecule has 0 bridgehead atoms. The summed E-state index contributed by atoms with van der Waals surface area (Å²) in [7, 11) is 11.0. The number of imide groups is 14. The van der Waals surface area contributed by atoms with Gasteiger partial charge in [-0.05, 0) is 89.0 Å². The molecule has 0 aromatic heterocycles. The molecule has 7 aliphatic rings. The summed E-state index contributed by atoms with van der Waals surface area (Å²) in [5.41, 5.74) is 6.07. The summed E-state index contributed by atoms with van der Waals surface area (Å²) >= 11 is 0. The summed E-state index contributed by atoms with van der Waals surface area (Å²) in [5.74, 6) is -4.87. The van der Waals surface area contributed by atoms with Gasteiger partial charge in [0.05, 0.1) is 26.2 Å². The monoisotopic (exact) mass is 1740 g/mol. The Bertz CT molecular complexity index is 4720. The summed E-state index contributed by atoms with van der Waals surface area (Å²) in [5, 5.41) is 0. The van der Waals surface area contributed by atoms with Gasteiger partial charge in [0.25, 0.3) is 0 Å². The fraction of sp³-hybridized carbons (Fsp3) is 0.440. The van der Waals surface area contributed by atoms with Crippen molar-refractivity contribution in [1.29, 1.82) is 0 Å². The van der Waals surface area contributed by atoms with Crippen LogP contribution in [0.2, 0.25) is 0 Å². The second kappa shape index (κ2) is 45.7. The molecule has 126 heavy (non-hydrogen) atoms. The maximum Gasteiger partial charge on any atom is 0.334 e. The topological polar surface area (TPSA) is 404 Å². The lowest BCUT2D eigenvalue weighted by Crippen LogP contribution is -2.55. The summed E-state index contributed by atoms with van der Waals surface area (Å²) in [6.45, 7) is 21.4. The molecule has 0 N–H and O–H groups in total. The van der Waals surface area contributed by atoms with Gasteiger partial charge in [-0.2, -0.15) is 0 Å². The Morgan fingerprint density at radius 2 is 0.500 bits per heavy atom. The second-order valence-corrected chi connectivity index (χ2v) is 33.9. The van der Waals surface area contributed by atoms with Gasteiger partial charge in [0, 0.05) is 69.5 Å². The second-order valence-electron chi connectivity index (χ2n) is 33.9. The van der Waals surface area contributed by atoms with E-state index in [1.54, 1.807) is 0 Å². The Balaban J connectivity index is 0.000000233. The Morgan fingerprint density at radius 3 is 0.810 bits per heavy atom. The largest absolute Gasteiger partial charge is 0.334 e. The van der Waals surface area contributed by atoms with Crippen molar-refractivity contribution in [3.8, 4) is 0 Å². The molecule has 3 unspecified atom stereocenters. The molecule has 3 atom stereocenters. The summed E-state index contributed by atoms with van der Waals surface area (Å²) in [6.07, 6.45) is 3.24. The van der Waals surface area contributed by atoms with Crippen LogP contribution >= 0.6 is 0 Å². The smallest absolute Gasteiger partial charge is 0.274 e. The molecule has 35 nitrogen and oxygen atoms in total. The van der Waals surface area contributed by atoms with Crippen LogP contribution in [-0.2, 0) is 99.7 Å². The predicted octanol–water partition coefficient (Wildman–Crippen LogP) is 10.1. The number of amides is 28. The predicted molar refractivity (Wildman–Crippen MR) is 458 cm³/mol. The van der Waals surface area contributed by atoms with E-state index < -0.39 is 119 Å². The molecule has 674 valence electrons. The molecule has 5 aromatic rings. The van der Waals surface area contributed by atoms with Gasteiger partial charge >= 0.3 is 42.2 Å². The standard InChI is InChI=1S/C23H42N2O3.2C19H18N2O3.C12H12N2O3.3C6H8N2O3/c1-16(13-22(3,4)5)10-11-18(17(2)14-23(6,7)8)15-25-20(27)12-19(26)24(9)21(25)28;1-14-7-9-16(10-8-14)13-21-18(23)11-17(22)20(19(21)24)12-15-5-3-2-4-6-15;22-17-13-18(23)21(14-16-9-5-2-6-10-16)19(24)20(17)12-11-15-7-3-1-4-8-15;1-13-10(15)7-11(16)14(12(13)17)8-9-5-3-2-4-6-9;3*1-7-4(9)3-5(10)8(2)6(7)11/h16-18H,10-15H2,1-9H3;2-10H,11-13H2,1H3;1-10H,11-14H2;2-6H,7-8H2,1H3;3*3H2,1-2H3. The lowest BCUT2D eigenvalue weighted by atomic mass is 9.76. The van der Waals surface area contributed by atoms with Gasteiger partial charge in [-0.1, -0.05) is 213 Å². The minimum Gasteiger partial charge on any atom is -0.274 e. The number of hydrogen-bond donors (Lipinski definition) is 0. The molecule has 0 saturated carbocycles. The highest BCUT2D eigenvalue weighted by molar-refractivity contribution is 6.18. The fourth-order valence-corrected chi connectivity index (χ4v) is 13.9. The highest BCUT2D eigenvalue weighted by Gasteiger charge is 2.43. The van der Waals surface area contributed by atoms with E-state index in [1.165, 1.54) is 66.2 Å². The number of nitrogens with zero attached hydrogens (tertiary/aromatic N) is 14. The molecule has 12 rings (SSSR count). The average molecular weight is 1740 g/mol. The first kappa shape index (κ1) is 101. The van der Waals surface area contributed by atoms with Crippen LogP contribution < -0.4 is 0 Å². The summed E-state index contributed by atoms with van der Waals surface area (Å²) in [6, 6.07) is 41.2. The number of hydrogen-bond acceptors (Lipinski definition) is 21. The van der Waals surface area contributed by atoms with Crippen LogP contribution in [0.25, 0.3) is 0 Å². The number of aryl methyl sites for hydroxylation is 1. The maximum absolute atomic E-state index is 12.6. The molecule has 35 heteroatoms. The van der Waals surface area contributed by atoms with Gasteiger partial charge in [0.2, 0.25) is 82.7 Å². The highest BCUT2D eigenvalue weighted by Crippen LogP contribution is 2.35. The zero-order valence-corrected chi connectivity index (χ0v) is 74.7. The van der Waals surface area contributed by atoms with Gasteiger partial charge in [-0.3, -0.25) is 136 Å². The molecular formula is C91H114N14O21. The molecule has 5 aromatic carbocycles. The van der Waals surface area contributed by atoms with Crippen molar-refractivity contribution in [2.45, 2.75) is 166 Å². The van der Waals surface area contributed by atoms with E-state index in [4.69, 9.17) is 0 Å². The first-order valence-electron chi connectivity index (χ1n) is 40.9. The minimum absolute atomic E-state index is 0.177. The van der Waals surface area contributed by atoms with E-state index in [1.807, 2.05) is 153 Å². The lowest BCUT2D eigenvalue weighted by molar-refractivity contribution is -0.144. The normalized spacial score (nSPS) is 17.5. The highest BCUT2D eigenvalue weighted by atomic mass is 16.2. The molecule has 7 fully saturated rings. The summed E-state index contributed by atoms with van der Waals surface area (Å²) < 4.78 is 0. The van der Waals surface area contributed by atoms with Crippen molar-refractivity contribution >= 4 is 125 Å². The zero-order chi connectivity index (χ0) is 94.1. The molecule has 0 radical (unpaired) electrons. The molecular weight excluding hydrogens is 1630 g/mol. The van der Waals surface area contributed by atoms with Crippen LogP contribution in [0, 0.1) is 35.5 Å². The van der Waals surface area contributed by atoms with Gasteiger partial charge in [0.15, 0.2) is 0 Å².